The van der Waals surface area contributed by atoms with Crippen LogP contribution in [-0.2, 0) is 6.42 Å². The lowest BCUT2D eigenvalue weighted by molar-refractivity contribution is 0.299. The van der Waals surface area contributed by atoms with Crippen molar-refractivity contribution in [1.82, 2.24) is 4.90 Å². The monoisotopic (exact) mass is 193 g/mol. The number of phenols is 1. The molecule has 0 saturated carbocycles. The van der Waals surface area contributed by atoms with Crippen molar-refractivity contribution in [3.63, 3.8) is 0 Å². The van der Waals surface area contributed by atoms with Gasteiger partial charge >= 0.3 is 0 Å². The third-order valence-corrected chi connectivity index (χ3v) is 2.64. The second-order valence-electron chi connectivity index (χ2n) is 4.02. The summed E-state index contributed by atoms with van der Waals surface area (Å²) in [5, 5.41) is 9.28. The first-order valence-corrected chi connectivity index (χ1v) is 5.04. The zero-order valence-corrected chi connectivity index (χ0v) is 9.20. The first-order valence-electron chi connectivity index (χ1n) is 5.04. The summed E-state index contributed by atoms with van der Waals surface area (Å²) in [4.78, 5) is 2.21. The molecule has 1 aromatic rings. The van der Waals surface area contributed by atoms with Gasteiger partial charge in [0.1, 0.15) is 5.75 Å². The Morgan fingerprint density at radius 2 is 2.07 bits per heavy atom. The smallest absolute Gasteiger partial charge is 0.115 e. The lowest BCUT2D eigenvalue weighted by Crippen LogP contribution is -2.24. The molecule has 1 N–H and O–H groups in total. The summed E-state index contributed by atoms with van der Waals surface area (Å²) in [6, 6.07) is 8.08. The van der Waals surface area contributed by atoms with Crippen LogP contribution in [0.25, 0.3) is 0 Å². The average Bonchev–Trinajstić information content (AvgIpc) is 2.14. The predicted molar refractivity (Wildman–Crippen MR) is 59.6 cm³/mol. The van der Waals surface area contributed by atoms with Crippen LogP contribution in [0.2, 0.25) is 0 Å². The van der Waals surface area contributed by atoms with Crippen LogP contribution < -0.4 is 0 Å². The third kappa shape index (κ3) is 3.38. The van der Waals surface area contributed by atoms with Crippen LogP contribution in [0.1, 0.15) is 18.9 Å². The number of benzene rings is 1. The second kappa shape index (κ2) is 5.01. The number of phenolic OH excluding ortho intramolecular Hbond substituents is 1. The maximum absolute atomic E-state index is 9.28. The molecule has 0 aliphatic carbocycles. The van der Waals surface area contributed by atoms with Gasteiger partial charge in [0.25, 0.3) is 0 Å². The minimum absolute atomic E-state index is 0.361. The Morgan fingerprint density at radius 3 is 2.64 bits per heavy atom. The quantitative estimate of drug-likeness (QED) is 0.793. The molecule has 0 aliphatic rings. The van der Waals surface area contributed by atoms with Crippen molar-refractivity contribution in [1.29, 1.82) is 0 Å². The maximum atomic E-state index is 9.28. The van der Waals surface area contributed by atoms with Gasteiger partial charge in [-0.2, -0.15) is 0 Å². The van der Waals surface area contributed by atoms with Crippen molar-refractivity contribution < 1.29 is 5.11 Å². The van der Waals surface area contributed by atoms with E-state index >= 15 is 0 Å². The van der Waals surface area contributed by atoms with Crippen LogP contribution in [0.5, 0.6) is 5.75 Å². The molecule has 1 rings (SSSR count). The first-order chi connectivity index (χ1) is 6.59. The van der Waals surface area contributed by atoms with Gasteiger partial charge < -0.3 is 10.0 Å². The van der Waals surface area contributed by atoms with E-state index in [4.69, 9.17) is 0 Å². The van der Waals surface area contributed by atoms with Crippen molar-refractivity contribution in [2.45, 2.75) is 25.8 Å². The van der Waals surface area contributed by atoms with Gasteiger partial charge in [-0.15, -0.1) is 0 Å². The molecule has 0 amide bonds. The van der Waals surface area contributed by atoms with E-state index in [1.54, 1.807) is 6.07 Å². The largest absolute Gasteiger partial charge is 0.508 e. The van der Waals surface area contributed by atoms with Gasteiger partial charge in [-0.1, -0.05) is 12.1 Å². The van der Waals surface area contributed by atoms with E-state index in [0.29, 0.717) is 11.8 Å². The van der Waals surface area contributed by atoms with E-state index in [0.717, 1.165) is 12.8 Å². The molecule has 0 aliphatic heterocycles. The van der Waals surface area contributed by atoms with Gasteiger partial charge in [-0.3, -0.25) is 0 Å². The highest BCUT2D eigenvalue weighted by molar-refractivity contribution is 5.27. The molecule has 1 unspecified atom stereocenters. The van der Waals surface area contributed by atoms with Crippen molar-refractivity contribution in [3.05, 3.63) is 29.8 Å². The van der Waals surface area contributed by atoms with Crippen LogP contribution in [0.4, 0.5) is 0 Å². The fraction of sp³-hybridized carbons (Fsp3) is 0.500. The topological polar surface area (TPSA) is 23.5 Å². The molecular formula is C12H19NO. The van der Waals surface area contributed by atoms with Gasteiger partial charge in [0.05, 0.1) is 0 Å². The summed E-state index contributed by atoms with van der Waals surface area (Å²) >= 11 is 0. The molecule has 0 spiro atoms. The second-order valence-corrected chi connectivity index (χ2v) is 4.02. The van der Waals surface area contributed by atoms with Gasteiger partial charge in [0.15, 0.2) is 0 Å². The van der Waals surface area contributed by atoms with Crippen LogP contribution in [0, 0.1) is 0 Å². The molecule has 0 heterocycles. The normalized spacial score (nSPS) is 13.1. The van der Waals surface area contributed by atoms with E-state index in [9.17, 15) is 5.11 Å². The SMILES string of the molecule is CC(CCc1cccc(O)c1)N(C)C. The summed E-state index contributed by atoms with van der Waals surface area (Å²) in [7, 11) is 4.18. The van der Waals surface area contributed by atoms with Gasteiger partial charge in [0, 0.05) is 6.04 Å². The van der Waals surface area contributed by atoms with Crippen molar-refractivity contribution in [2.75, 3.05) is 14.1 Å². The zero-order valence-electron chi connectivity index (χ0n) is 9.20. The molecule has 1 aromatic carbocycles. The fourth-order valence-corrected chi connectivity index (χ4v) is 1.35. The first kappa shape index (κ1) is 11.1. The number of aryl methyl sites for hydroxylation is 1. The summed E-state index contributed by atoms with van der Waals surface area (Å²) in [5.41, 5.74) is 1.21. The summed E-state index contributed by atoms with van der Waals surface area (Å²) in [6.07, 6.45) is 2.14. The Kier molecular flexibility index (Phi) is 3.96. The van der Waals surface area contributed by atoms with Gasteiger partial charge in [-0.05, 0) is 51.6 Å². The van der Waals surface area contributed by atoms with Crippen LogP contribution >= 0.6 is 0 Å². The predicted octanol–water partition coefficient (Wildman–Crippen LogP) is 2.27. The highest BCUT2D eigenvalue weighted by Crippen LogP contribution is 2.13. The highest BCUT2D eigenvalue weighted by Gasteiger charge is 2.04. The lowest BCUT2D eigenvalue weighted by atomic mass is 10.1. The molecule has 14 heavy (non-hydrogen) atoms. The maximum Gasteiger partial charge on any atom is 0.115 e. The zero-order chi connectivity index (χ0) is 10.6. The van der Waals surface area contributed by atoms with E-state index in [2.05, 4.69) is 32.0 Å². The molecule has 78 valence electrons. The third-order valence-electron chi connectivity index (χ3n) is 2.64. The lowest BCUT2D eigenvalue weighted by Gasteiger charge is -2.19. The standard InChI is InChI=1S/C12H19NO/c1-10(13(2)3)7-8-11-5-4-6-12(14)9-11/h4-6,9-10,14H,7-8H2,1-3H3. The van der Waals surface area contributed by atoms with Crippen LogP contribution in [-0.4, -0.2) is 30.1 Å². The molecule has 0 fully saturated rings. The van der Waals surface area contributed by atoms with Gasteiger partial charge in [0.2, 0.25) is 0 Å². The Morgan fingerprint density at radius 1 is 1.36 bits per heavy atom. The Bertz CT molecular complexity index is 283. The Labute approximate surface area is 86.2 Å². The number of hydrogen-bond donors (Lipinski definition) is 1. The van der Waals surface area contributed by atoms with Crippen LogP contribution in [0.3, 0.4) is 0 Å². The minimum atomic E-state index is 0.361. The summed E-state index contributed by atoms with van der Waals surface area (Å²) in [5.74, 6) is 0.361. The van der Waals surface area contributed by atoms with Gasteiger partial charge in [-0.25, -0.2) is 0 Å². The van der Waals surface area contributed by atoms with E-state index in [1.165, 1.54) is 5.56 Å². The summed E-state index contributed by atoms with van der Waals surface area (Å²) < 4.78 is 0. The Balaban J connectivity index is 2.45. The van der Waals surface area contributed by atoms with Crippen molar-refractivity contribution in [2.24, 2.45) is 0 Å². The minimum Gasteiger partial charge on any atom is -0.508 e. The molecule has 2 heteroatoms. The number of rotatable bonds is 4. The molecule has 1 atom stereocenters. The van der Waals surface area contributed by atoms with Crippen molar-refractivity contribution >= 4 is 0 Å². The van der Waals surface area contributed by atoms with E-state index < -0.39 is 0 Å². The summed E-state index contributed by atoms with van der Waals surface area (Å²) in [6.45, 7) is 2.21. The Hall–Kier alpha value is -1.02. The molecule has 0 bridgehead atoms. The highest BCUT2D eigenvalue weighted by atomic mass is 16.3. The fourth-order valence-electron chi connectivity index (χ4n) is 1.35. The van der Waals surface area contributed by atoms with Crippen molar-refractivity contribution in [3.8, 4) is 5.75 Å². The van der Waals surface area contributed by atoms with E-state index in [1.807, 2.05) is 12.1 Å². The molecule has 0 aromatic heterocycles. The molecule has 0 radical (unpaired) electrons. The number of nitrogens with zero attached hydrogens (tertiary/aromatic N) is 1. The van der Waals surface area contributed by atoms with E-state index in [-0.39, 0.29) is 0 Å². The number of aromatic hydroxyl groups is 1. The molecule has 2 nitrogen and oxygen atoms in total. The van der Waals surface area contributed by atoms with Crippen LogP contribution in [0.15, 0.2) is 24.3 Å². The number of hydrogen-bond acceptors (Lipinski definition) is 2. The molecule has 0 saturated heterocycles. The molecular weight excluding hydrogens is 174 g/mol. The average molecular weight is 193 g/mol.